The predicted octanol–water partition coefficient (Wildman–Crippen LogP) is 3.37. The Morgan fingerprint density at radius 3 is 2.81 bits per heavy atom. The topological polar surface area (TPSA) is 65.7 Å². The summed E-state index contributed by atoms with van der Waals surface area (Å²) in [6.45, 7) is 14.7. The first-order valence-corrected chi connectivity index (χ1v) is 10.4. The van der Waals surface area contributed by atoms with Crippen LogP contribution in [0, 0.1) is 5.92 Å². The number of aliphatic imine (C=N–C) groups is 1. The molecule has 0 aromatic carbocycles. The van der Waals surface area contributed by atoms with E-state index in [4.69, 9.17) is 4.52 Å². The second-order valence-corrected chi connectivity index (χ2v) is 7.26. The Bertz CT molecular complexity index is 538. The van der Waals surface area contributed by atoms with Gasteiger partial charge in [0.25, 0.3) is 0 Å². The van der Waals surface area contributed by atoms with E-state index in [1.54, 1.807) is 0 Å². The van der Waals surface area contributed by atoms with Gasteiger partial charge in [-0.3, -0.25) is 0 Å². The summed E-state index contributed by atoms with van der Waals surface area (Å²) in [4.78, 5) is 7.23. The molecule has 2 N–H and O–H groups in total. The number of hydrogen-bond acceptors (Lipinski definition) is 4. The van der Waals surface area contributed by atoms with E-state index in [1.807, 2.05) is 0 Å². The van der Waals surface area contributed by atoms with E-state index in [2.05, 4.69) is 59.4 Å². The average Bonchev–Trinajstić information content (AvgIpc) is 3.29. The molecule has 0 aliphatic carbocycles. The van der Waals surface area contributed by atoms with Gasteiger partial charge >= 0.3 is 0 Å². The fourth-order valence-electron chi connectivity index (χ4n) is 3.64. The van der Waals surface area contributed by atoms with Gasteiger partial charge in [-0.2, -0.15) is 0 Å². The van der Waals surface area contributed by atoms with Gasteiger partial charge in [0.1, 0.15) is 6.54 Å². The molecular formula is C20H37N5O. The first-order valence-electron chi connectivity index (χ1n) is 10.4. The van der Waals surface area contributed by atoms with Crippen LogP contribution in [0.25, 0.3) is 0 Å². The lowest BCUT2D eigenvalue weighted by atomic mass is 9.99. The molecule has 1 aliphatic heterocycles. The Labute approximate surface area is 158 Å². The molecule has 2 rings (SSSR count). The quantitative estimate of drug-likeness (QED) is 0.493. The normalized spacial score (nSPS) is 18.7. The van der Waals surface area contributed by atoms with Gasteiger partial charge < -0.3 is 20.1 Å². The van der Waals surface area contributed by atoms with Gasteiger partial charge in [-0.1, -0.05) is 25.9 Å². The summed E-state index contributed by atoms with van der Waals surface area (Å²) < 4.78 is 5.48. The molecule has 6 heteroatoms. The molecule has 0 spiro atoms. The lowest BCUT2D eigenvalue weighted by molar-refractivity contribution is 0.324. The maximum atomic E-state index is 5.48. The molecule has 0 bridgehead atoms. The van der Waals surface area contributed by atoms with E-state index >= 15 is 0 Å². The summed E-state index contributed by atoms with van der Waals surface area (Å²) in [5, 5.41) is 11.1. The Morgan fingerprint density at radius 2 is 2.12 bits per heavy atom. The summed E-state index contributed by atoms with van der Waals surface area (Å²) in [6.07, 6.45) is 4.69. The van der Waals surface area contributed by atoms with E-state index < -0.39 is 0 Å². The molecule has 0 amide bonds. The minimum Gasteiger partial charge on any atom is -0.359 e. The monoisotopic (exact) mass is 363 g/mol. The highest BCUT2D eigenvalue weighted by molar-refractivity contribution is 5.79. The van der Waals surface area contributed by atoms with Crippen molar-refractivity contribution < 1.29 is 4.52 Å². The molecule has 0 saturated carbocycles. The average molecular weight is 364 g/mol. The summed E-state index contributed by atoms with van der Waals surface area (Å²) in [6, 6.07) is 2.06. The van der Waals surface area contributed by atoms with Crippen LogP contribution in [0.1, 0.15) is 70.8 Å². The summed E-state index contributed by atoms with van der Waals surface area (Å²) >= 11 is 0. The first-order chi connectivity index (χ1) is 12.7. The summed E-state index contributed by atoms with van der Waals surface area (Å²) in [7, 11) is 0. The number of hydrogen-bond donors (Lipinski definition) is 2. The van der Waals surface area contributed by atoms with Crippen molar-refractivity contribution in [3.05, 3.63) is 17.5 Å². The van der Waals surface area contributed by atoms with Crippen molar-refractivity contribution in [3.8, 4) is 0 Å². The van der Waals surface area contributed by atoms with Crippen molar-refractivity contribution in [1.82, 2.24) is 20.7 Å². The van der Waals surface area contributed by atoms with Crippen molar-refractivity contribution in [2.24, 2.45) is 10.9 Å². The Morgan fingerprint density at radius 1 is 1.31 bits per heavy atom. The van der Waals surface area contributed by atoms with E-state index in [0.717, 1.165) is 43.3 Å². The SMILES string of the molecule is CCCN1CCC(CNC(=NCc2cc(C(CC)CC)no2)NCC)C1. The maximum Gasteiger partial charge on any atom is 0.191 e. The zero-order valence-corrected chi connectivity index (χ0v) is 17.1. The molecular weight excluding hydrogens is 326 g/mol. The van der Waals surface area contributed by atoms with E-state index in [9.17, 15) is 0 Å². The largest absolute Gasteiger partial charge is 0.359 e. The van der Waals surface area contributed by atoms with Crippen LogP contribution >= 0.6 is 0 Å². The van der Waals surface area contributed by atoms with Crippen molar-refractivity contribution in [2.45, 2.75) is 65.8 Å². The highest BCUT2D eigenvalue weighted by Crippen LogP contribution is 2.22. The van der Waals surface area contributed by atoms with Crippen LogP contribution in [0.5, 0.6) is 0 Å². The number of likely N-dealkylation sites (tertiary alicyclic amines) is 1. The zero-order chi connectivity index (χ0) is 18.8. The standard InChI is InChI=1S/C20H37N5O/c1-5-10-25-11-9-16(15-25)13-22-20(21-8-4)23-14-18-12-19(24-26-18)17(6-2)7-3/h12,16-17H,5-11,13-15H2,1-4H3,(H2,21,22,23). The van der Waals surface area contributed by atoms with Crippen LogP contribution in [0.2, 0.25) is 0 Å². The Balaban J connectivity index is 1.84. The van der Waals surface area contributed by atoms with Crippen LogP contribution in [0.3, 0.4) is 0 Å². The Kier molecular flexibility index (Phi) is 8.95. The smallest absolute Gasteiger partial charge is 0.191 e. The molecule has 1 unspecified atom stereocenters. The molecule has 26 heavy (non-hydrogen) atoms. The van der Waals surface area contributed by atoms with Gasteiger partial charge in [-0.25, -0.2) is 4.99 Å². The summed E-state index contributed by atoms with van der Waals surface area (Å²) in [5.74, 6) is 2.88. The molecule has 1 atom stereocenters. The molecule has 1 fully saturated rings. The van der Waals surface area contributed by atoms with Crippen molar-refractivity contribution in [3.63, 3.8) is 0 Å². The molecule has 1 aliphatic rings. The third kappa shape index (κ3) is 6.31. The van der Waals surface area contributed by atoms with Crippen LogP contribution < -0.4 is 10.6 Å². The van der Waals surface area contributed by atoms with Crippen LogP contribution in [-0.4, -0.2) is 48.7 Å². The lowest BCUT2D eigenvalue weighted by Gasteiger charge is -2.16. The molecule has 148 valence electrons. The van der Waals surface area contributed by atoms with Gasteiger partial charge in [-0.05, 0) is 51.6 Å². The fraction of sp³-hybridized carbons (Fsp3) is 0.800. The second kappa shape index (κ2) is 11.2. The van der Waals surface area contributed by atoms with Crippen LogP contribution in [-0.2, 0) is 6.54 Å². The lowest BCUT2D eigenvalue weighted by Crippen LogP contribution is -2.40. The maximum absolute atomic E-state index is 5.48. The molecule has 1 saturated heterocycles. The van der Waals surface area contributed by atoms with Crippen LogP contribution in [0.15, 0.2) is 15.6 Å². The summed E-state index contributed by atoms with van der Waals surface area (Å²) in [5.41, 5.74) is 1.06. The van der Waals surface area contributed by atoms with Gasteiger partial charge in [-0.15, -0.1) is 0 Å². The fourth-order valence-corrected chi connectivity index (χ4v) is 3.64. The third-order valence-corrected chi connectivity index (χ3v) is 5.19. The van der Waals surface area contributed by atoms with Crippen molar-refractivity contribution >= 4 is 5.96 Å². The molecule has 6 nitrogen and oxygen atoms in total. The van der Waals surface area contributed by atoms with E-state index in [0.29, 0.717) is 18.4 Å². The molecule has 0 radical (unpaired) electrons. The minimum atomic E-state index is 0.483. The second-order valence-electron chi connectivity index (χ2n) is 7.26. The predicted molar refractivity (Wildman–Crippen MR) is 107 cm³/mol. The van der Waals surface area contributed by atoms with Gasteiger partial charge in [0.2, 0.25) is 0 Å². The number of guanidine groups is 1. The van der Waals surface area contributed by atoms with E-state index in [-0.39, 0.29) is 0 Å². The molecule has 1 aromatic heterocycles. The number of nitrogens with zero attached hydrogens (tertiary/aromatic N) is 3. The minimum absolute atomic E-state index is 0.483. The van der Waals surface area contributed by atoms with Crippen molar-refractivity contribution in [1.29, 1.82) is 0 Å². The molecule has 2 heterocycles. The zero-order valence-electron chi connectivity index (χ0n) is 17.1. The number of nitrogens with one attached hydrogen (secondary N) is 2. The Hall–Kier alpha value is -1.56. The van der Waals surface area contributed by atoms with Crippen LogP contribution in [0.4, 0.5) is 0 Å². The van der Waals surface area contributed by atoms with Gasteiger partial charge in [0.05, 0.1) is 5.69 Å². The number of aromatic nitrogens is 1. The van der Waals surface area contributed by atoms with E-state index in [1.165, 1.54) is 32.5 Å². The third-order valence-electron chi connectivity index (χ3n) is 5.19. The molecule has 1 aromatic rings. The highest BCUT2D eigenvalue weighted by atomic mass is 16.5. The first kappa shape index (κ1) is 20.7. The highest BCUT2D eigenvalue weighted by Gasteiger charge is 2.21. The number of rotatable bonds is 10. The van der Waals surface area contributed by atoms with Crippen molar-refractivity contribution in [2.75, 3.05) is 32.7 Å². The van der Waals surface area contributed by atoms with Gasteiger partial charge in [0.15, 0.2) is 11.7 Å². The van der Waals surface area contributed by atoms with Gasteiger partial charge in [0, 0.05) is 31.6 Å².